The number of aliphatic hydroxyl groups excluding tert-OH is 1. The summed E-state index contributed by atoms with van der Waals surface area (Å²) in [5, 5.41) is 12.9. The highest BCUT2D eigenvalue weighted by atomic mass is 79.9. The van der Waals surface area contributed by atoms with Crippen molar-refractivity contribution in [3.63, 3.8) is 0 Å². The summed E-state index contributed by atoms with van der Waals surface area (Å²) in [6.45, 7) is 6.54. The number of halogens is 1. The maximum atomic E-state index is 9.55. The largest absolute Gasteiger partial charge is 0.392 e. The Morgan fingerprint density at radius 1 is 1.40 bits per heavy atom. The second-order valence-corrected chi connectivity index (χ2v) is 5.20. The topological polar surface area (TPSA) is 32.3 Å². The molecule has 2 nitrogen and oxygen atoms in total. The first-order valence-corrected chi connectivity index (χ1v) is 5.89. The average molecular weight is 272 g/mol. The second-order valence-electron chi connectivity index (χ2n) is 4.34. The lowest BCUT2D eigenvalue weighted by molar-refractivity contribution is 0.0956. The van der Waals surface area contributed by atoms with Crippen LogP contribution in [0.3, 0.4) is 0 Å². The minimum Gasteiger partial charge on any atom is -0.392 e. The van der Waals surface area contributed by atoms with Gasteiger partial charge in [0.25, 0.3) is 0 Å². The molecule has 0 aliphatic carbocycles. The molecule has 3 heteroatoms. The first kappa shape index (κ1) is 12.7. The number of hydrogen-bond donors (Lipinski definition) is 2. The maximum Gasteiger partial charge on any atom is 0.0688 e. The molecule has 1 unspecified atom stereocenters. The number of nitrogens with one attached hydrogen (secondary N) is 1. The van der Waals surface area contributed by atoms with Crippen molar-refractivity contribution in [2.24, 2.45) is 0 Å². The molecule has 0 saturated carbocycles. The quantitative estimate of drug-likeness (QED) is 0.883. The lowest BCUT2D eigenvalue weighted by Crippen LogP contribution is -2.47. The van der Waals surface area contributed by atoms with Crippen LogP contribution in [0.15, 0.2) is 28.7 Å². The van der Waals surface area contributed by atoms with Crippen molar-refractivity contribution in [3.8, 4) is 0 Å². The van der Waals surface area contributed by atoms with Gasteiger partial charge in [0.1, 0.15) is 0 Å². The predicted molar refractivity (Wildman–Crippen MR) is 66.7 cm³/mol. The lowest BCUT2D eigenvalue weighted by Gasteiger charge is -2.29. The zero-order valence-corrected chi connectivity index (χ0v) is 11.0. The van der Waals surface area contributed by atoms with E-state index in [0.717, 1.165) is 11.0 Å². The molecule has 2 N–H and O–H groups in total. The monoisotopic (exact) mass is 271 g/mol. The van der Waals surface area contributed by atoms with Crippen LogP contribution in [-0.4, -0.2) is 16.7 Å². The molecule has 0 aliphatic rings. The van der Waals surface area contributed by atoms with Gasteiger partial charge in [-0.25, -0.2) is 0 Å². The lowest BCUT2D eigenvalue weighted by atomic mass is 9.98. The van der Waals surface area contributed by atoms with Crippen molar-refractivity contribution in [2.75, 3.05) is 0 Å². The molecule has 0 aromatic heterocycles. The van der Waals surface area contributed by atoms with E-state index in [-0.39, 0.29) is 11.6 Å². The van der Waals surface area contributed by atoms with E-state index in [0.29, 0.717) is 0 Å². The summed E-state index contributed by atoms with van der Waals surface area (Å²) in [5.74, 6) is 0. The van der Waals surface area contributed by atoms with Crippen molar-refractivity contribution in [2.45, 2.75) is 39.0 Å². The Bertz CT molecular complexity index is 323. The molecule has 0 aliphatic heterocycles. The van der Waals surface area contributed by atoms with E-state index in [1.54, 1.807) is 6.92 Å². The first-order valence-electron chi connectivity index (χ1n) is 5.10. The highest BCUT2D eigenvalue weighted by molar-refractivity contribution is 9.10. The Morgan fingerprint density at radius 2 is 2.00 bits per heavy atom. The number of hydrogen-bond acceptors (Lipinski definition) is 2. The molecule has 0 fully saturated rings. The summed E-state index contributed by atoms with van der Waals surface area (Å²) in [7, 11) is 0. The summed E-state index contributed by atoms with van der Waals surface area (Å²) in [6, 6.07) is 8.09. The Balaban J connectivity index is 2.62. The fraction of sp³-hybridized carbons (Fsp3) is 0.500. The third-order valence-electron chi connectivity index (χ3n) is 2.74. The van der Waals surface area contributed by atoms with Gasteiger partial charge in [-0.05, 0) is 32.4 Å². The van der Waals surface area contributed by atoms with Crippen molar-refractivity contribution in [3.05, 3.63) is 34.3 Å². The molecule has 1 atom stereocenters. The minimum absolute atomic E-state index is 0.269. The van der Waals surface area contributed by atoms with Gasteiger partial charge in [-0.3, -0.25) is 0 Å². The fourth-order valence-electron chi connectivity index (χ4n) is 1.11. The van der Waals surface area contributed by atoms with Crippen LogP contribution in [0.4, 0.5) is 0 Å². The van der Waals surface area contributed by atoms with Crippen molar-refractivity contribution in [1.29, 1.82) is 0 Å². The molecular formula is C12H18BrNO. The summed E-state index contributed by atoms with van der Waals surface area (Å²) in [4.78, 5) is 0. The van der Waals surface area contributed by atoms with E-state index < -0.39 is 0 Å². The smallest absolute Gasteiger partial charge is 0.0688 e. The molecule has 84 valence electrons. The van der Waals surface area contributed by atoms with Crippen LogP contribution in [0.25, 0.3) is 0 Å². The fourth-order valence-corrected chi connectivity index (χ4v) is 1.54. The van der Waals surface area contributed by atoms with Gasteiger partial charge in [0.05, 0.1) is 6.10 Å². The van der Waals surface area contributed by atoms with Crippen LogP contribution in [-0.2, 0) is 6.54 Å². The van der Waals surface area contributed by atoms with E-state index in [1.165, 1.54) is 5.56 Å². The molecule has 0 bridgehead atoms. The molecule has 15 heavy (non-hydrogen) atoms. The third kappa shape index (κ3) is 3.59. The van der Waals surface area contributed by atoms with Crippen LogP contribution < -0.4 is 5.32 Å². The minimum atomic E-state index is -0.375. The molecular weight excluding hydrogens is 254 g/mol. The van der Waals surface area contributed by atoms with Gasteiger partial charge in [-0.15, -0.1) is 0 Å². The Morgan fingerprint density at radius 3 is 2.53 bits per heavy atom. The van der Waals surface area contributed by atoms with E-state index in [9.17, 15) is 5.11 Å². The molecule has 1 aromatic rings. The molecule has 0 radical (unpaired) electrons. The molecule has 1 rings (SSSR count). The van der Waals surface area contributed by atoms with Gasteiger partial charge in [-0.1, -0.05) is 34.1 Å². The normalized spacial score (nSPS) is 13.9. The van der Waals surface area contributed by atoms with Gasteiger partial charge >= 0.3 is 0 Å². The number of aliphatic hydroxyl groups is 1. The zero-order valence-electron chi connectivity index (χ0n) is 9.42. The van der Waals surface area contributed by atoms with Gasteiger partial charge in [0.15, 0.2) is 0 Å². The standard InChI is InChI=1S/C12H18BrNO/c1-9(15)12(2,3)14-8-10-6-4-5-7-11(10)13/h4-7,9,14-15H,8H2,1-3H3. The summed E-state index contributed by atoms with van der Waals surface area (Å²) in [6.07, 6.45) is -0.375. The molecule has 0 saturated heterocycles. The SMILES string of the molecule is CC(O)C(C)(C)NCc1ccccc1Br. The van der Waals surface area contributed by atoms with E-state index >= 15 is 0 Å². The summed E-state index contributed by atoms with van der Waals surface area (Å²) in [5.41, 5.74) is 0.932. The summed E-state index contributed by atoms with van der Waals surface area (Å²) < 4.78 is 1.10. The average Bonchev–Trinajstić information content (AvgIpc) is 2.16. The van der Waals surface area contributed by atoms with Gasteiger partial charge in [0, 0.05) is 16.6 Å². The third-order valence-corrected chi connectivity index (χ3v) is 3.51. The van der Waals surface area contributed by atoms with Crippen LogP contribution in [0.1, 0.15) is 26.3 Å². The van der Waals surface area contributed by atoms with Crippen LogP contribution in [0.5, 0.6) is 0 Å². The molecule has 0 spiro atoms. The van der Waals surface area contributed by atoms with Crippen molar-refractivity contribution < 1.29 is 5.11 Å². The zero-order chi connectivity index (χ0) is 11.5. The summed E-state index contributed by atoms with van der Waals surface area (Å²) >= 11 is 3.50. The highest BCUT2D eigenvalue weighted by Gasteiger charge is 2.22. The van der Waals surface area contributed by atoms with Crippen molar-refractivity contribution in [1.82, 2.24) is 5.32 Å². The number of rotatable bonds is 4. The first-order chi connectivity index (χ1) is 6.93. The van der Waals surface area contributed by atoms with E-state index in [4.69, 9.17) is 0 Å². The van der Waals surface area contributed by atoms with Crippen LogP contribution in [0, 0.1) is 0 Å². The number of benzene rings is 1. The molecule has 0 amide bonds. The van der Waals surface area contributed by atoms with E-state index in [1.807, 2.05) is 32.0 Å². The second kappa shape index (κ2) is 5.10. The maximum absolute atomic E-state index is 9.55. The predicted octanol–water partition coefficient (Wildman–Crippen LogP) is 2.70. The van der Waals surface area contributed by atoms with Crippen LogP contribution in [0.2, 0.25) is 0 Å². The van der Waals surface area contributed by atoms with Gasteiger partial charge < -0.3 is 10.4 Å². The molecule has 0 heterocycles. The highest BCUT2D eigenvalue weighted by Crippen LogP contribution is 2.17. The van der Waals surface area contributed by atoms with Crippen molar-refractivity contribution >= 4 is 15.9 Å². The Kier molecular flexibility index (Phi) is 4.32. The Hall–Kier alpha value is -0.380. The Labute approximate surface area is 99.8 Å². The van der Waals surface area contributed by atoms with E-state index in [2.05, 4.69) is 27.3 Å². The van der Waals surface area contributed by atoms with Gasteiger partial charge in [0.2, 0.25) is 0 Å². The molecule has 1 aromatic carbocycles. The van der Waals surface area contributed by atoms with Crippen LogP contribution >= 0.6 is 15.9 Å². The van der Waals surface area contributed by atoms with Gasteiger partial charge in [-0.2, -0.15) is 0 Å².